The summed E-state index contributed by atoms with van der Waals surface area (Å²) in [6.07, 6.45) is 0.958. The molecule has 0 radical (unpaired) electrons. The fourth-order valence-electron chi connectivity index (χ4n) is 1.91. The lowest BCUT2D eigenvalue weighted by molar-refractivity contribution is -0.138. The van der Waals surface area contributed by atoms with Crippen LogP contribution in [0.25, 0.3) is 0 Å². The summed E-state index contributed by atoms with van der Waals surface area (Å²) in [5.74, 6) is -2.29. The quantitative estimate of drug-likeness (QED) is 0.809. The molecule has 104 valence electrons. The van der Waals surface area contributed by atoms with Crippen LogP contribution in [0.1, 0.15) is 21.7 Å². The second-order valence-electron chi connectivity index (χ2n) is 4.23. The van der Waals surface area contributed by atoms with Crippen LogP contribution in [0.3, 0.4) is 0 Å². The molecule has 20 heavy (non-hydrogen) atoms. The molecule has 1 aromatic carbocycles. The number of carbonyl (C=O) groups is 2. The SMILES string of the molecule is O=C(O)Cn1nnc(C(=O)O)c1CCc1ccccc1. The molecule has 0 atom stereocenters. The predicted molar refractivity (Wildman–Crippen MR) is 68.5 cm³/mol. The number of carboxylic acid groups (broad SMARTS) is 2. The first-order valence-corrected chi connectivity index (χ1v) is 5.99. The van der Waals surface area contributed by atoms with Crippen molar-refractivity contribution in [2.45, 2.75) is 19.4 Å². The Morgan fingerprint density at radius 3 is 2.40 bits per heavy atom. The molecule has 0 fully saturated rings. The van der Waals surface area contributed by atoms with Crippen molar-refractivity contribution in [2.75, 3.05) is 0 Å². The smallest absolute Gasteiger partial charge is 0.358 e. The van der Waals surface area contributed by atoms with Gasteiger partial charge in [0.25, 0.3) is 0 Å². The molecule has 0 unspecified atom stereocenters. The second kappa shape index (κ2) is 5.96. The Balaban J connectivity index is 2.21. The van der Waals surface area contributed by atoms with E-state index < -0.39 is 18.5 Å². The summed E-state index contributed by atoms with van der Waals surface area (Å²) in [7, 11) is 0. The number of benzene rings is 1. The lowest BCUT2D eigenvalue weighted by atomic mass is 10.1. The van der Waals surface area contributed by atoms with Gasteiger partial charge in [-0.1, -0.05) is 35.5 Å². The number of nitrogens with zero attached hydrogens (tertiary/aromatic N) is 3. The van der Waals surface area contributed by atoms with E-state index in [4.69, 9.17) is 10.2 Å². The van der Waals surface area contributed by atoms with Crippen molar-refractivity contribution in [3.05, 3.63) is 47.3 Å². The van der Waals surface area contributed by atoms with Crippen LogP contribution in [-0.2, 0) is 24.2 Å². The highest BCUT2D eigenvalue weighted by molar-refractivity contribution is 5.86. The lowest BCUT2D eigenvalue weighted by Gasteiger charge is -2.05. The maximum absolute atomic E-state index is 11.1. The van der Waals surface area contributed by atoms with Crippen molar-refractivity contribution in [3.63, 3.8) is 0 Å². The number of aromatic nitrogens is 3. The number of aryl methyl sites for hydroxylation is 1. The van der Waals surface area contributed by atoms with E-state index in [-0.39, 0.29) is 5.69 Å². The highest BCUT2D eigenvalue weighted by Gasteiger charge is 2.19. The van der Waals surface area contributed by atoms with Crippen molar-refractivity contribution < 1.29 is 19.8 Å². The minimum atomic E-state index is -1.20. The van der Waals surface area contributed by atoms with E-state index >= 15 is 0 Å². The third-order valence-corrected chi connectivity index (χ3v) is 2.82. The van der Waals surface area contributed by atoms with Gasteiger partial charge < -0.3 is 10.2 Å². The first kappa shape index (κ1) is 13.7. The summed E-state index contributed by atoms with van der Waals surface area (Å²) in [6.45, 7) is -0.398. The fraction of sp³-hybridized carbons (Fsp3) is 0.231. The molecule has 2 N–H and O–H groups in total. The van der Waals surface area contributed by atoms with Crippen molar-refractivity contribution >= 4 is 11.9 Å². The van der Waals surface area contributed by atoms with Crippen molar-refractivity contribution in [1.82, 2.24) is 15.0 Å². The van der Waals surface area contributed by atoms with E-state index in [2.05, 4.69) is 10.3 Å². The Morgan fingerprint density at radius 2 is 1.80 bits per heavy atom. The molecule has 0 bridgehead atoms. The zero-order valence-corrected chi connectivity index (χ0v) is 10.6. The molecule has 0 saturated heterocycles. The van der Waals surface area contributed by atoms with Gasteiger partial charge in [0.1, 0.15) is 6.54 Å². The minimum Gasteiger partial charge on any atom is -0.480 e. The Labute approximate surface area is 114 Å². The first-order chi connectivity index (χ1) is 9.58. The van der Waals surface area contributed by atoms with Crippen LogP contribution in [0.4, 0.5) is 0 Å². The molecule has 0 aliphatic heterocycles. The van der Waals surface area contributed by atoms with Gasteiger partial charge in [-0.25, -0.2) is 9.48 Å². The molecule has 0 amide bonds. The van der Waals surface area contributed by atoms with E-state index in [1.165, 1.54) is 0 Å². The average Bonchev–Trinajstić information content (AvgIpc) is 2.80. The Hall–Kier alpha value is -2.70. The molecule has 0 aliphatic rings. The van der Waals surface area contributed by atoms with E-state index in [0.29, 0.717) is 18.5 Å². The summed E-state index contributed by atoms with van der Waals surface area (Å²) in [6, 6.07) is 9.51. The summed E-state index contributed by atoms with van der Waals surface area (Å²) in [5, 5.41) is 25.0. The van der Waals surface area contributed by atoms with Crippen LogP contribution < -0.4 is 0 Å². The van der Waals surface area contributed by atoms with Gasteiger partial charge in [0.05, 0.1) is 5.69 Å². The normalized spacial score (nSPS) is 10.4. The summed E-state index contributed by atoms with van der Waals surface area (Å²) in [4.78, 5) is 21.8. The van der Waals surface area contributed by atoms with Crippen molar-refractivity contribution in [1.29, 1.82) is 0 Å². The molecule has 0 saturated carbocycles. The average molecular weight is 275 g/mol. The van der Waals surface area contributed by atoms with E-state index in [9.17, 15) is 9.59 Å². The van der Waals surface area contributed by atoms with Crippen LogP contribution in [0, 0.1) is 0 Å². The van der Waals surface area contributed by atoms with Crippen molar-refractivity contribution in [2.24, 2.45) is 0 Å². The zero-order valence-electron chi connectivity index (χ0n) is 10.6. The largest absolute Gasteiger partial charge is 0.480 e. The Kier molecular flexibility index (Phi) is 4.09. The number of rotatable bonds is 6. The predicted octanol–water partition coefficient (Wildman–Crippen LogP) is 0.846. The zero-order chi connectivity index (χ0) is 14.5. The van der Waals surface area contributed by atoms with Crippen LogP contribution in [0.2, 0.25) is 0 Å². The molecule has 7 heteroatoms. The fourth-order valence-corrected chi connectivity index (χ4v) is 1.91. The molecule has 1 heterocycles. The monoisotopic (exact) mass is 275 g/mol. The van der Waals surface area contributed by atoms with Gasteiger partial charge in [0.2, 0.25) is 0 Å². The standard InChI is InChI=1S/C13H13N3O4/c17-11(18)8-16-10(12(13(19)20)14-15-16)7-6-9-4-2-1-3-5-9/h1-5H,6-8H2,(H,17,18)(H,19,20). The molecular weight excluding hydrogens is 262 g/mol. The van der Waals surface area contributed by atoms with Gasteiger partial charge in [0.15, 0.2) is 5.69 Å². The molecule has 0 aliphatic carbocycles. The summed E-state index contributed by atoms with van der Waals surface area (Å²) >= 11 is 0. The van der Waals surface area contributed by atoms with Crippen LogP contribution in [0.5, 0.6) is 0 Å². The van der Waals surface area contributed by atoms with E-state index in [0.717, 1.165) is 10.2 Å². The maximum atomic E-state index is 11.1. The van der Waals surface area contributed by atoms with E-state index in [1.54, 1.807) is 0 Å². The molecular formula is C13H13N3O4. The third-order valence-electron chi connectivity index (χ3n) is 2.82. The number of hydrogen-bond donors (Lipinski definition) is 2. The molecule has 2 rings (SSSR count). The highest BCUT2D eigenvalue weighted by Crippen LogP contribution is 2.11. The van der Waals surface area contributed by atoms with Gasteiger partial charge >= 0.3 is 11.9 Å². The van der Waals surface area contributed by atoms with Crippen LogP contribution >= 0.6 is 0 Å². The molecule has 1 aromatic heterocycles. The van der Waals surface area contributed by atoms with E-state index in [1.807, 2.05) is 30.3 Å². The number of carboxylic acids is 2. The minimum absolute atomic E-state index is 0.192. The van der Waals surface area contributed by atoms with Crippen molar-refractivity contribution in [3.8, 4) is 0 Å². The second-order valence-corrected chi connectivity index (χ2v) is 4.23. The van der Waals surface area contributed by atoms with Gasteiger partial charge in [-0.3, -0.25) is 4.79 Å². The van der Waals surface area contributed by atoms with Crippen LogP contribution in [-0.4, -0.2) is 37.1 Å². The topological polar surface area (TPSA) is 105 Å². The molecule has 7 nitrogen and oxygen atoms in total. The molecule has 2 aromatic rings. The number of aliphatic carboxylic acids is 1. The maximum Gasteiger partial charge on any atom is 0.358 e. The van der Waals surface area contributed by atoms with Gasteiger partial charge in [-0.15, -0.1) is 5.10 Å². The van der Waals surface area contributed by atoms with Gasteiger partial charge in [-0.05, 0) is 18.4 Å². The Morgan fingerprint density at radius 1 is 1.10 bits per heavy atom. The molecule has 0 spiro atoms. The first-order valence-electron chi connectivity index (χ1n) is 5.99. The summed E-state index contributed by atoms with van der Waals surface area (Å²) < 4.78 is 1.12. The number of aromatic carboxylic acids is 1. The third kappa shape index (κ3) is 3.19. The highest BCUT2D eigenvalue weighted by atomic mass is 16.4. The number of hydrogen-bond acceptors (Lipinski definition) is 4. The van der Waals surface area contributed by atoms with Gasteiger partial charge in [0, 0.05) is 0 Å². The van der Waals surface area contributed by atoms with Crippen LogP contribution in [0.15, 0.2) is 30.3 Å². The lowest BCUT2D eigenvalue weighted by Crippen LogP contribution is -2.15. The summed E-state index contributed by atoms with van der Waals surface area (Å²) in [5.41, 5.74) is 1.16. The van der Waals surface area contributed by atoms with Gasteiger partial charge in [-0.2, -0.15) is 0 Å². The Bertz CT molecular complexity index is 622.